The molecule has 8 nitrogen and oxygen atoms in total. The number of carboxylic acid groups (broad SMARTS) is 2. The summed E-state index contributed by atoms with van der Waals surface area (Å²) in [6, 6.07) is 11.9. The minimum atomic E-state index is -1.87. The van der Waals surface area contributed by atoms with Crippen molar-refractivity contribution in [1.82, 2.24) is 0 Å². The van der Waals surface area contributed by atoms with Gasteiger partial charge in [0.2, 0.25) is 12.3 Å². The maximum atomic E-state index is 13.4. The third-order valence-electron chi connectivity index (χ3n) is 4.59. The van der Waals surface area contributed by atoms with Crippen molar-refractivity contribution in [3.63, 3.8) is 0 Å². The van der Waals surface area contributed by atoms with Gasteiger partial charge in [-0.15, -0.1) is 22.7 Å². The first kappa shape index (κ1) is 32.1. The molecule has 2 unspecified atom stereocenters. The van der Waals surface area contributed by atoms with Crippen molar-refractivity contribution < 1.29 is 38.2 Å². The Balaban J connectivity index is 0.000000336. The average molecular weight is 567 g/mol. The zero-order valence-electron chi connectivity index (χ0n) is 21.0. The molecule has 38 heavy (non-hydrogen) atoms. The first-order valence-corrected chi connectivity index (χ1v) is 13.0. The van der Waals surface area contributed by atoms with Crippen LogP contribution < -0.4 is 11.5 Å². The number of rotatable bonds is 6. The lowest BCUT2D eigenvalue weighted by Gasteiger charge is -2.03. The molecule has 12 heteroatoms. The number of hydrogen-bond donors (Lipinski definition) is 4. The number of hydrogen-bond acceptors (Lipinski definition) is 6. The van der Waals surface area contributed by atoms with E-state index in [0.29, 0.717) is 20.2 Å². The second kappa shape index (κ2) is 14.7. The predicted octanol–water partition coefficient (Wildman–Crippen LogP) is 6.24. The molecule has 2 atom stereocenters. The third-order valence-corrected chi connectivity index (χ3v) is 6.77. The summed E-state index contributed by atoms with van der Waals surface area (Å²) < 4.78 is 28.0. The molecule has 0 saturated carbocycles. The molecule has 0 aliphatic rings. The highest BCUT2D eigenvalue weighted by Crippen LogP contribution is 2.30. The van der Waals surface area contributed by atoms with Crippen molar-refractivity contribution in [3.8, 4) is 0 Å². The van der Waals surface area contributed by atoms with Gasteiger partial charge in [0.15, 0.2) is 0 Å². The summed E-state index contributed by atoms with van der Waals surface area (Å²) in [5.41, 5.74) is 10.0. The molecule has 2 heterocycles. The van der Waals surface area contributed by atoms with Gasteiger partial charge in [0, 0.05) is 9.40 Å². The smallest absolute Gasteiger partial charge is 0.345 e. The van der Waals surface area contributed by atoms with Crippen LogP contribution >= 0.6 is 22.7 Å². The van der Waals surface area contributed by atoms with E-state index in [0.717, 1.165) is 22.7 Å². The standard InChI is InChI=1S/2C11H8FNO3S.2C2H6/c2*12-9(10(13)14)6-2-1-5-3-8(11(15)16)17-7(5)4-6;2*1-2/h2*1-4,9H,(H2,13,14)(H,15,16);2*1-2H3. The monoisotopic (exact) mass is 566 g/mol. The first-order chi connectivity index (χ1) is 18.0. The van der Waals surface area contributed by atoms with Crippen LogP contribution in [0, 0.1) is 0 Å². The number of alkyl halides is 2. The van der Waals surface area contributed by atoms with Gasteiger partial charge in [0.25, 0.3) is 11.8 Å². The Bertz CT molecular complexity index is 1330. The molecule has 0 bridgehead atoms. The van der Waals surface area contributed by atoms with Gasteiger partial charge < -0.3 is 21.7 Å². The largest absolute Gasteiger partial charge is 0.477 e. The summed E-state index contributed by atoms with van der Waals surface area (Å²) in [5.74, 6) is -4.17. The summed E-state index contributed by atoms with van der Waals surface area (Å²) in [6.07, 6.45) is -3.73. The van der Waals surface area contributed by atoms with Gasteiger partial charge in [-0.25, -0.2) is 18.4 Å². The summed E-state index contributed by atoms with van der Waals surface area (Å²) in [5, 5.41) is 19.0. The van der Waals surface area contributed by atoms with Crippen molar-refractivity contribution >= 4 is 66.6 Å². The van der Waals surface area contributed by atoms with Crippen molar-refractivity contribution in [2.45, 2.75) is 40.0 Å². The Kier molecular flexibility index (Phi) is 12.5. The summed E-state index contributed by atoms with van der Waals surface area (Å²) >= 11 is 2.06. The molecule has 2 aromatic heterocycles. The minimum Gasteiger partial charge on any atom is -0.477 e. The normalized spacial score (nSPS) is 11.5. The van der Waals surface area contributed by atoms with E-state index in [4.69, 9.17) is 21.7 Å². The predicted molar refractivity (Wildman–Crippen MR) is 146 cm³/mol. The molecular weight excluding hydrogens is 538 g/mol. The van der Waals surface area contributed by atoms with Crippen molar-refractivity contribution in [2.75, 3.05) is 0 Å². The fourth-order valence-corrected chi connectivity index (χ4v) is 4.85. The van der Waals surface area contributed by atoms with Gasteiger partial charge in [-0.2, -0.15) is 0 Å². The van der Waals surface area contributed by atoms with Crippen LogP contribution in [0.4, 0.5) is 8.78 Å². The number of carboxylic acids is 2. The van der Waals surface area contributed by atoms with E-state index < -0.39 is 36.1 Å². The van der Waals surface area contributed by atoms with E-state index >= 15 is 0 Å². The zero-order valence-corrected chi connectivity index (χ0v) is 22.7. The van der Waals surface area contributed by atoms with Crippen molar-refractivity contribution in [1.29, 1.82) is 0 Å². The van der Waals surface area contributed by atoms with Crippen molar-refractivity contribution in [2.24, 2.45) is 11.5 Å². The quantitative estimate of drug-likeness (QED) is 0.216. The number of nitrogens with two attached hydrogens (primary N) is 2. The van der Waals surface area contributed by atoms with Crippen LogP contribution in [0.2, 0.25) is 0 Å². The van der Waals surface area contributed by atoms with Gasteiger partial charge in [0.05, 0.1) is 0 Å². The maximum absolute atomic E-state index is 13.4. The van der Waals surface area contributed by atoms with E-state index in [1.54, 1.807) is 12.1 Å². The molecule has 0 spiro atoms. The first-order valence-electron chi connectivity index (χ1n) is 11.4. The topological polar surface area (TPSA) is 161 Å². The SMILES string of the molecule is CC.CC.NC(=O)C(F)c1ccc2cc(C(=O)O)sc2c1.NC(=O)C(F)c1ccc2cc(C(=O)O)sc2c1. The Hall–Kier alpha value is -3.90. The molecule has 0 aliphatic heterocycles. The highest BCUT2D eigenvalue weighted by Gasteiger charge is 2.18. The molecule has 2 aromatic carbocycles. The third kappa shape index (κ3) is 8.05. The van der Waals surface area contributed by atoms with Gasteiger partial charge in [-0.05, 0) is 46.2 Å². The Labute approximate surface area is 225 Å². The number of fused-ring (bicyclic) bond motifs is 2. The lowest BCUT2D eigenvalue weighted by molar-refractivity contribution is -0.123. The molecule has 6 N–H and O–H groups in total. The fraction of sp³-hybridized carbons (Fsp3) is 0.231. The number of carbonyl (C=O) groups is 4. The number of aromatic carboxylic acids is 2. The Morgan fingerprint density at radius 1 is 0.658 bits per heavy atom. The zero-order chi connectivity index (χ0) is 29.2. The number of benzene rings is 2. The highest BCUT2D eigenvalue weighted by molar-refractivity contribution is 7.21. The highest BCUT2D eigenvalue weighted by atomic mass is 32.1. The van der Waals surface area contributed by atoms with Crippen LogP contribution in [0.5, 0.6) is 0 Å². The van der Waals surface area contributed by atoms with Gasteiger partial charge in [0.1, 0.15) is 9.75 Å². The Morgan fingerprint density at radius 3 is 1.24 bits per heavy atom. The molecule has 0 fully saturated rings. The van der Waals surface area contributed by atoms with E-state index in [2.05, 4.69) is 0 Å². The fourth-order valence-electron chi connectivity index (χ4n) is 2.95. The number of primary amides is 2. The molecule has 4 aromatic rings. The minimum absolute atomic E-state index is 0.142. The number of halogens is 2. The lowest BCUT2D eigenvalue weighted by atomic mass is 10.1. The number of amides is 2. The molecule has 204 valence electrons. The molecule has 0 aliphatic carbocycles. The van der Waals surface area contributed by atoms with Crippen LogP contribution in [-0.4, -0.2) is 34.0 Å². The summed E-state index contributed by atoms with van der Waals surface area (Å²) in [7, 11) is 0. The van der Waals surface area contributed by atoms with Crippen molar-refractivity contribution in [3.05, 3.63) is 69.4 Å². The maximum Gasteiger partial charge on any atom is 0.345 e. The molecule has 0 saturated heterocycles. The van der Waals surface area contributed by atoms with Crippen LogP contribution in [0.1, 0.15) is 70.5 Å². The van der Waals surface area contributed by atoms with E-state index in [1.807, 2.05) is 27.7 Å². The lowest BCUT2D eigenvalue weighted by Crippen LogP contribution is -2.17. The van der Waals surface area contributed by atoms with Crippen LogP contribution in [0.3, 0.4) is 0 Å². The molecule has 0 radical (unpaired) electrons. The van der Waals surface area contributed by atoms with Gasteiger partial charge >= 0.3 is 11.9 Å². The second-order valence-electron chi connectivity index (χ2n) is 6.96. The van der Waals surface area contributed by atoms with Gasteiger partial charge in [-0.3, -0.25) is 9.59 Å². The van der Waals surface area contributed by atoms with E-state index in [-0.39, 0.29) is 20.9 Å². The van der Waals surface area contributed by atoms with Crippen LogP contribution in [0.25, 0.3) is 20.2 Å². The van der Waals surface area contributed by atoms with Gasteiger partial charge in [-0.1, -0.05) is 52.0 Å². The summed E-state index contributed by atoms with van der Waals surface area (Å²) in [4.78, 5) is 43.3. The number of carbonyl (C=O) groups excluding carboxylic acids is 2. The molecule has 2 amide bonds. The molecular formula is C26H28F2N2O6S2. The summed E-state index contributed by atoms with van der Waals surface area (Å²) in [6.45, 7) is 8.00. The molecule has 4 rings (SSSR count). The van der Waals surface area contributed by atoms with Crippen LogP contribution in [-0.2, 0) is 9.59 Å². The Morgan fingerprint density at radius 2 is 0.974 bits per heavy atom. The van der Waals surface area contributed by atoms with Crippen LogP contribution in [0.15, 0.2) is 48.5 Å². The van der Waals surface area contributed by atoms with E-state index in [9.17, 15) is 28.0 Å². The van der Waals surface area contributed by atoms with E-state index in [1.165, 1.54) is 36.4 Å². The number of thiophene rings is 2. The second-order valence-corrected chi connectivity index (χ2v) is 9.12. The average Bonchev–Trinajstić information content (AvgIpc) is 3.54.